The van der Waals surface area contributed by atoms with Gasteiger partial charge < -0.3 is 41.3 Å². The van der Waals surface area contributed by atoms with Gasteiger partial charge in [0.05, 0.1) is 6.61 Å². The summed E-state index contributed by atoms with van der Waals surface area (Å²) in [5, 5.41) is 38.2. The van der Waals surface area contributed by atoms with E-state index < -0.39 is 24.3 Å². The molecule has 7 N–H and O–H groups in total. The first-order valence-corrected chi connectivity index (χ1v) is 12.9. The first kappa shape index (κ1) is 34.5. The molecule has 3 rings (SSSR count). The van der Waals surface area contributed by atoms with Gasteiger partial charge in [-0.2, -0.15) is 13.2 Å². The van der Waals surface area contributed by atoms with E-state index in [1.165, 1.54) is 0 Å². The summed E-state index contributed by atoms with van der Waals surface area (Å²) in [7, 11) is 1.54. The van der Waals surface area contributed by atoms with Crippen molar-refractivity contribution in [2.24, 2.45) is 0 Å². The Morgan fingerprint density at radius 1 is 0.907 bits per heavy atom. The second-order valence-electron chi connectivity index (χ2n) is 9.01. The van der Waals surface area contributed by atoms with E-state index in [-0.39, 0.29) is 31.7 Å². The van der Waals surface area contributed by atoms with Crippen LogP contribution in [0.15, 0.2) is 78.9 Å². The van der Waals surface area contributed by atoms with Gasteiger partial charge in [0.2, 0.25) is 0 Å². The normalized spacial score (nSPS) is 12.1. The molecule has 3 aromatic rings. The van der Waals surface area contributed by atoms with Crippen LogP contribution >= 0.6 is 0 Å². The number of benzene rings is 3. The predicted octanol–water partition coefficient (Wildman–Crippen LogP) is 3.26. The molecule has 232 valence electrons. The molecule has 0 saturated carbocycles. The molecule has 0 fully saturated rings. The van der Waals surface area contributed by atoms with E-state index in [2.05, 4.69) is 21.3 Å². The molecule has 0 heterocycles. The van der Waals surface area contributed by atoms with Gasteiger partial charge in [0.15, 0.2) is 0 Å². The van der Waals surface area contributed by atoms with Gasteiger partial charge >= 0.3 is 18.2 Å². The molecule has 14 heteroatoms. The molecule has 0 bridgehead atoms. The number of aliphatic carboxylic acids is 1. The van der Waals surface area contributed by atoms with Gasteiger partial charge in [-0.15, -0.1) is 0 Å². The Balaban J connectivity index is 0.000000821. The number of halogens is 3. The summed E-state index contributed by atoms with van der Waals surface area (Å²) in [5.74, 6) is -2.30. The van der Waals surface area contributed by atoms with Gasteiger partial charge in [-0.3, -0.25) is 4.79 Å². The van der Waals surface area contributed by atoms with Crippen molar-refractivity contribution in [3.8, 4) is 5.75 Å². The highest BCUT2D eigenvalue weighted by atomic mass is 19.4. The van der Waals surface area contributed by atoms with Gasteiger partial charge in [-0.05, 0) is 54.4 Å². The van der Waals surface area contributed by atoms with Crippen LogP contribution < -0.4 is 26.0 Å². The van der Waals surface area contributed by atoms with Crippen molar-refractivity contribution in [1.82, 2.24) is 10.6 Å². The number of alkyl halides is 3. The molecule has 0 saturated heterocycles. The number of carboxylic acids is 1. The topological polar surface area (TPSA) is 169 Å². The molecular weight excluding hydrogens is 573 g/mol. The standard InChI is InChI=1S/C27H32N4O5.C2HF3O2/c1-28-26(34)20-6-5-7-22(15-20)31-27(35)30-21-12-10-19(11-13-21)14-23(17-32)29-16-24(33)18-36-25-8-3-2-4-9-25;3-2(4,5)1(6)7/h2-13,15,23-24,29,32-33H,14,16-18H2,1H3,(H,28,34)(H2,30,31,35);(H,6,7)/t23-,24-;/m0./s1. The van der Waals surface area contributed by atoms with Crippen LogP contribution in [0.4, 0.5) is 29.3 Å². The van der Waals surface area contributed by atoms with E-state index in [1.807, 2.05) is 42.5 Å². The van der Waals surface area contributed by atoms with Crippen LogP contribution in [-0.2, 0) is 11.2 Å². The van der Waals surface area contributed by atoms with E-state index in [4.69, 9.17) is 14.6 Å². The van der Waals surface area contributed by atoms with E-state index in [9.17, 15) is 33.0 Å². The Hall–Kier alpha value is -4.66. The second-order valence-corrected chi connectivity index (χ2v) is 9.01. The SMILES string of the molecule is CNC(=O)c1cccc(NC(=O)Nc2ccc(C[C@@H](CO)NC[C@H](O)COc3ccccc3)cc2)c1.O=C(O)C(F)(F)F. The Morgan fingerprint density at radius 3 is 2.12 bits per heavy atom. The first-order chi connectivity index (χ1) is 20.4. The third-order valence-corrected chi connectivity index (χ3v) is 5.59. The van der Waals surface area contributed by atoms with Crippen molar-refractivity contribution in [3.63, 3.8) is 0 Å². The number of aliphatic hydroxyl groups is 2. The molecule has 2 atom stereocenters. The van der Waals surface area contributed by atoms with Crippen molar-refractivity contribution in [2.75, 3.05) is 37.4 Å². The van der Waals surface area contributed by atoms with E-state index in [1.54, 1.807) is 43.4 Å². The smallest absolute Gasteiger partial charge is 0.490 e. The van der Waals surface area contributed by atoms with E-state index >= 15 is 0 Å². The van der Waals surface area contributed by atoms with Gasteiger partial charge in [-0.1, -0.05) is 36.4 Å². The Morgan fingerprint density at radius 2 is 1.53 bits per heavy atom. The monoisotopic (exact) mass is 606 g/mol. The van der Waals surface area contributed by atoms with Crippen LogP contribution in [0, 0.1) is 0 Å². The van der Waals surface area contributed by atoms with Crippen LogP contribution in [0.25, 0.3) is 0 Å². The fraction of sp³-hybridized carbons (Fsp3) is 0.276. The van der Waals surface area contributed by atoms with Gasteiger partial charge in [0.1, 0.15) is 18.5 Å². The quantitative estimate of drug-likeness (QED) is 0.165. The number of amides is 3. The van der Waals surface area contributed by atoms with Crippen molar-refractivity contribution in [1.29, 1.82) is 0 Å². The number of carbonyl (C=O) groups excluding carboxylic acids is 2. The molecular formula is C29H33F3N4O7. The molecule has 11 nitrogen and oxygen atoms in total. The molecule has 43 heavy (non-hydrogen) atoms. The minimum Gasteiger partial charge on any atom is -0.491 e. The van der Waals surface area contributed by atoms with Crippen molar-refractivity contribution < 1.29 is 47.6 Å². The maximum absolute atomic E-state index is 12.3. The van der Waals surface area contributed by atoms with Crippen LogP contribution in [0.1, 0.15) is 15.9 Å². The maximum Gasteiger partial charge on any atom is 0.490 e. The Kier molecular flexibility index (Phi) is 13.9. The van der Waals surface area contributed by atoms with E-state index in [0.717, 1.165) is 5.56 Å². The second kappa shape index (κ2) is 17.3. The van der Waals surface area contributed by atoms with Gasteiger partial charge in [0.25, 0.3) is 5.91 Å². The summed E-state index contributed by atoms with van der Waals surface area (Å²) >= 11 is 0. The Bertz CT molecular complexity index is 1310. The molecule has 3 amide bonds. The number of hydrogen-bond donors (Lipinski definition) is 7. The maximum atomic E-state index is 12.3. The lowest BCUT2D eigenvalue weighted by Gasteiger charge is -2.19. The fourth-order valence-electron chi connectivity index (χ4n) is 3.46. The molecule has 0 radical (unpaired) electrons. The van der Waals surface area contributed by atoms with Crippen molar-refractivity contribution in [3.05, 3.63) is 90.0 Å². The van der Waals surface area contributed by atoms with Crippen molar-refractivity contribution in [2.45, 2.75) is 24.7 Å². The van der Waals surface area contributed by atoms with Crippen molar-refractivity contribution >= 4 is 29.3 Å². The molecule has 0 aromatic heterocycles. The minimum absolute atomic E-state index is 0.0935. The average Bonchev–Trinajstić information content (AvgIpc) is 2.99. The van der Waals surface area contributed by atoms with Crippen LogP contribution in [0.5, 0.6) is 5.75 Å². The summed E-state index contributed by atoms with van der Waals surface area (Å²) in [4.78, 5) is 33.0. The molecule has 3 aromatic carbocycles. The minimum atomic E-state index is -5.08. The highest BCUT2D eigenvalue weighted by Crippen LogP contribution is 2.15. The van der Waals surface area contributed by atoms with Crippen LogP contribution in [0.3, 0.4) is 0 Å². The molecule has 0 aliphatic heterocycles. The number of aliphatic hydroxyl groups excluding tert-OH is 2. The Labute approximate surface area is 245 Å². The number of para-hydroxylation sites is 1. The van der Waals surface area contributed by atoms with Gasteiger partial charge in [-0.25, -0.2) is 9.59 Å². The zero-order valence-corrected chi connectivity index (χ0v) is 23.1. The van der Waals surface area contributed by atoms with Crippen LogP contribution in [-0.4, -0.2) is 78.4 Å². The number of carboxylic acid groups (broad SMARTS) is 1. The van der Waals surface area contributed by atoms with E-state index in [0.29, 0.717) is 29.1 Å². The number of nitrogens with one attached hydrogen (secondary N) is 4. The lowest BCUT2D eigenvalue weighted by atomic mass is 10.1. The first-order valence-electron chi connectivity index (χ1n) is 12.9. The number of ether oxygens (including phenoxy) is 1. The molecule has 0 aliphatic rings. The summed E-state index contributed by atoms with van der Waals surface area (Å²) in [6.45, 7) is 0.330. The number of urea groups is 1. The highest BCUT2D eigenvalue weighted by molar-refractivity contribution is 6.01. The van der Waals surface area contributed by atoms with Crippen LogP contribution in [0.2, 0.25) is 0 Å². The molecule has 0 unspecified atom stereocenters. The zero-order valence-electron chi connectivity index (χ0n) is 23.1. The third kappa shape index (κ3) is 13.2. The number of rotatable bonds is 12. The zero-order chi connectivity index (χ0) is 31.8. The fourth-order valence-corrected chi connectivity index (χ4v) is 3.46. The summed E-state index contributed by atoms with van der Waals surface area (Å²) in [5.41, 5.74) is 2.50. The number of hydrogen-bond acceptors (Lipinski definition) is 7. The van der Waals surface area contributed by atoms with Gasteiger partial charge in [0, 0.05) is 36.6 Å². The summed E-state index contributed by atoms with van der Waals surface area (Å²) in [6.07, 6.45) is -5.26. The summed E-state index contributed by atoms with van der Waals surface area (Å²) < 4.78 is 37.3. The predicted molar refractivity (Wildman–Crippen MR) is 153 cm³/mol. The highest BCUT2D eigenvalue weighted by Gasteiger charge is 2.38. The number of anilines is 2. The lowest BCUT2D eigenvalue weighted by molar-refractivity contribution is -0.192. The molecule has 0 spiro atoms. The number of carbonyl (C=O) groups is 3. The molecule has 0 aliphatic carbocycles. The average molecular weight is 607 g/mol. The largest absolute Gasteiger partial charge is 0.491 e. The third-order valence-electron chi connectivity index (χ3n) is 5.59. The summed E-state index contributed by atoms with van der Waals surface area (Å²) in [6, 6.07) is 22.5. The lowest BCUT2D eigenvalue weighted by Crippen LogP contribution is -2.41.